The molecule has 1 rings (SSSR count). The van der Waals surface area contributed by atoms with Crippen molar-refractivity contribution in [2.24, 2.45) is 11.3 Å². The van der Waals surface area contributed by atoms with Gasteiger partial charge in [0.15, 0.2) is 0 Å². The molecule has 0 aromatic carbocycles. The Kier molecular flexibility index (Phi) is 3.47. The van der Waals surface area contributed by atoms with E-state index in [1.54, 1.807) is 6.92 Å². The van der Waals surface area contributed by atoms with Crippen molar-refractivity contribution in [1.29, 1.82) is 0 Å². The van der Waals surface area contributed by atoms with E-state index in [4.69, 9.17) is 0 Å². The lowest BCUT2D eigenvalue weighted by Crippen LogP contribution is -2.24. The van der Waals surface area contributed by atoms with Gasteiger partial charge >= 0.3 is 0 Å². The molecule has 2 atom stereocenters. The molecule has 0 N–H and O–H groups in total. The number of nitro groups is 1. The summed E-state index contributed by atoms with van der Waals surface area (Å²) < 4.78 is 0. The lowest BCUT2D eigenvalue weighted by atomic mass is 9.88. The summed E-state index contributed by atoms with van der Waals surface area (Å²) in [6.45, 7) is 5.91. The zero-order chi connectivity index (χ0) is 11.6. The number of Topliss-reactive ketones (excluding diaryl/α,β-unsaturated/α-hetero) is 1. The summed E-state index contributed by atoms with van der Waals surface area (Å²) in [5.74, 6) is 0.121. The predicted octanol–water partition coefficient (Wildman–Crippen LogP) is 2.44. The molecule has 0 radical (unpaired) electrons. The summed E-state index contributed by atoms with van der Waals surface area (Å²) in [5, 5.41) is 10.7. The molecule has 4 nitrogen and oxygen atoms in total. The molecule has 0 bridgehead atoms. The summed E-state index contributed by atoms with van der Waals surface area (Å²) in [4.78, 5) is 22.1. The van der Waals surface area contributed by atoms with Gasteiger partial charge in [-0.2, -0.15) is 0 Å². The third-order valence-electron chi connectivity index (χ3n) is 3.23. The maximum Gasteiger partial charge on any atom is 0.213 e. The second kappa shape index (κ2) is 4.29. The van der Waals surface area contributed by atoms with Gasteiger partial charge in [0.1, 0.15) is 5.78 Å². The van der Waals surface area contributed by atoms with Crippen LogP contribution in [0.2, 0.25) is 0 Å². The van der Waals surface area contributed by atoms with E-state index >= 15 is 0 Å². The average molecular weight is 213 g/mol. The number of ketones is 1. The fourth-order valence-corrected chi connectivity index (χ4v) is 2.41. The van der Waals surface area contributed by atoms with Gasteiger partial charge in [-0.15, -0.1) is 0 Å². The molecule has 1 aliphatic rings. The second-order valence-electron chi connectivity index (χ2n) is 5.29. The summed E-state index contributed by atoms with van der Waals surface area (Å²) in [7, 11) is 0. The number of carbonyl (C=O) groups excluding carboxylic acids is 1. The highest BCUT2D eigenvalue weighted by Crippen LogP contribution is 2.40. The number of hydrogen-bond acceptors (Lipinski definition) is 3. The highest BCUT2D eigenvalue weighted by atomic mass is 16.6. The Balaban J connectivity index is 2.59. The fraction of sp³-hybridized carbons (Fsp3) is 0.909. The number of hydrogen-bond donors (Lipinski definition) is 0. The van der Waals surface area contributed by atoms with Crippen molar-refractivity contribution in [3.63, 3.8) is 0 Å². The highest BCUT2D eigenvalue weighted by Gasteiger charge is 2.40. The van der Waals surface area contributed by atoms with E-state index in [0.29, 0.717) is 19.3 Å². The molecule has 0 heterocycles. The van der Waals surface area contributed by atoms with Crippen LogP contribution in [0, 0.1) is 21.4 Å². The molecule has 1 saturated carbocycles. The van der Waals surface area contributed by atoms with Gasteiger partial charge in [0.2, 0.25) is 6.04 Å². The van der Waals surface area contributed by atoms with Crippen LogP contribution >= 0.6 is 0 Å². The molecular formula is C11H19NO3. The molecule has 0 saturated heterocycles. The molecule has 0 spiro atoms. The van der Waals surface area contributed by atoms with Crippen LogP contribution in [0.1, 0.15) is 46.5 Å². The van der Waals surface area contributed by atoms with Gasteiger partial charge < -0.3 is 0 Å². The SMILES string of the molecule is CCC(CC1CC(C)(C)CC1=O)[N+](=O)[O-]. The third kappa shape index (κ3) is 3.01. The third-order valence-corrected chi connectivity index (χ3v) is 3.23. The second-order valence-corrected chi connectivity index (χ2v) is 5.29. The lowest BCUT2D eigenvalue weighted by molar-refractivity contribution is -0.524. The minimum absolute atomic E-state index is 0.0383. The van der Waals surface area contributed by atoms with Crippen LogP contribution in [-0.2, 0) is 4.79 Å². The van der Waals surface area contributed by atoms with Crippen LogP contribution in [0.25, 0.3) is 0 Å². The van der Waals surface area contributed by atoms with Gasteiger partial charge in [-0.1, -0.05) is 20.8 Å². The molecule has 0 aromatic heterocycles. The molecular weight excluding hydrogens is 194 g/mol. The van der Waals surface area contributed by atoms with Gasteiger partial charge in [0.25, 0.3) is 0 Å². The number of nitrogens with zero attached hydrogens (tertiary/aromatic N) is 1. The van der Waals surface area contributed by atoms with Crippen molar-refractivity contribution < 1.29 is 9.72 Å². The summed E-state index contributed by atoms with van der Waals surface area (Å²) in [6, 6.07) is -0.548. The molecule has 1 aliphatic carbocycles. The summed E-state index contributed by atoms with van der Waals surface area (Å²) >= 11 is 0. The van der Waals surface area contributed by atoms with E-state index in [0.717, 1.165) is 6.42 Å². The zero-order valence-corrected chi connectivity index (χ0v) is 9.66. The Morgan fingerprint density at radius 2 is 2.20 bits per heavy atom. The zero-order valence-electron chi connectivity index (χ0n) is 9.66. The van der Waals surface area contributed by atoms with Crippen molar-refractivity contribution in [2.75, 3.05) is 0 Å². The number of rotatable bonds is 4. The van der Waals surface area contributed by atoms with Crippen LogP contribution in [0.15, 0.2) is 0 Å². The minimum Gasteiger partial charge on any atom is -0.299 e. The van der Waals surface area contributed by atoms with Crippen LogP contribution in [0.4, 0.5) is 0 Å². The normalized spacial score (nSPS) is 26.6. The standard InChI is InChI=1S/C11H19NO3/c1-4-9(12(14)15)5-8-6-11(2,3)7-10(8)13/h8-9H,4-7H2,1-3H3. The van der Waals surface area contributed by atoms with Crippen molar-refractivity contribution in [3.8, 4) is 0 Å². The molecule has 86 valence electrons. The molecule has 0 aromatic rings. The van der Waals surface area contributed by atoms with Crippen molar-refractivity contribution >= 4 is 5.78 Å². The topological polar surface area (TPSA) is 60.2 Å². The highest BCUT2D eigenvalue weighted by molar-refractivity contribution is 5.83. The van der Waals surface area contributed by atoms with E-state index in [1.807, 2.05) is 0 Å². The molecule has 15 heavy (non-hydrogen) atoms. The minimum atomic E-state index is -0.548. The van der Waals surface area contributed by atoms with Gasteiger partial charge in [0.05, 0.1) is 0 Å². The van der Waals surface area contributed by atoms with Gasteiger partial charge in [-0.05, 0) is 11.8 Å². The summed E-state index contributed by atoms with van der Waals surface area (Å²) in [6.07, 6.45) is 2.31. The first-order chi connectivity index (χ1) is 6.85. The summed E-state index contributed by atoms with van der Waals surface area (Å²) in [5.41, 5.74) is 0.0383. The van der Waals surface area contributed by atoms with Gasteiger partial charge in [-0.25, -0.2) is 0 Å². The quantitative estimate of drug-likeness (QED) is 0.532. The Hall–Kier alpha value is -0.930. The largest absolute Gasteiger partial charge is 0.299 e. The van der Waals surface area contributed by atoms with E-state index < -0.39 is 6.04 Å². The van der Waals surface area contributed by atoms with Crippen molar-refractivity contribution in [3.05, 3.63) is 10.1 Å². The van der Waals surface area contributed by atoms with E-state index in [1.165, 1.54) is 0 Å². The first-order valence-corrected chi connectivity index (χ1v) is 5.52. The Labute approximate surface area is 90.2 Å². The van der Waals surface area contributed by atoms with Crippen LogP contribution in [0.5, 0.6) is 0 Å². The first kappa shape index (κ1) is 12.1. The van der Waals surface area contributed by atoms with Crippen molar-refractivity contribution in [2.45, 2.75) is 52.5 Å². The molecule has 2 unspecified atom stereocenters. The Bertz CT molecular complexity index is 273. The predicted molar refractivity (Wildman–Crippen MR) is 57.2 cm³/mol. The van der Waals surface area contributed by atoms with Crippen LogP contribution in [0.3, 0.4) is 0 Å². The monoisotopic (exact) mass is 213 g/mol. The average Bonchev–Trinajstić information content (AvgIpc) is 2.34. The molecule has 0 amide bonds. The Morgan fingerprint density at radius 1 is 1.60 bits per heavy atom. The van der Waals surface area contributed by atoms with Crippen molar-refractivity contribution in [1.82, 2.24) is 0 Å². The maximum absolute atomic E-state index is 11.6. The van der Waals surface area contributed by atoms with Gasteiger partial charge in [0, 0.05) is 30.1 Å². The number of carbonyl (C=O) groups is 1. The van der Waals surface area contributed by atoms with E-state index in [-0.39, 0.29) is 22.0 Å². The first-order valence-electron chi connectivity index (χ1n) is 5.52. The lowest BCUT2D eigenvalue weighted by Gasteiger charge is -2.16. The van der Waals surface area contributed by atoms with Gasteiger partial charge in [-0.3, -0.25) is 14.9 Å². The van der Waals surface area contributed by atoms with Crippen LogP contribution < -0.4 is 0 Å². The van der Waals surface area contributed by atoms with E-state index in [9.17, 15) is 14.9 Å². The van der Waals surface area contributed by atoms with Crippen LogP contribution in [-0.4, -0.2) is 16.7 Å². The van der Waals surface area contributed by atoms with E-state index in [2.05, 4.69) is 13.8 Å². The molecule has 1 fully saturated rings. The molecule has 4 heteroatoms. The molecule has 0 aliphatic heterocycles. The fourth-order valence-electron chi connectivity index (χ4n) is 2.41. The Morgan fingerprint density at radius 3 is 2.53 bits per heavy atom. The maximum atomic E-state index is 11.6. The smallest absolute Gasteiger partial charge is 0.213 e.